The Kier molecular flexibility index (Phi) is 5.45. The number of benzene rings is 1. The number of hydrogen-bond donors (Lipinski definition) is 1. The number of halogens is 1. The Morgan fingerprint density at radius 3 is 2.52 bits per heavy atom. The van der Waals surface area contributed by atoms with E-state index in [1.807, 2.05) is 0 Å². The van der Waals surface area contributed by atoms with Crippen LogP contribution in [0, 0.1) is 0 Å². The van der Waals surface area contributed by atoms with Crippen molar-refractivity contribution in [3.05, 3.63) is 29.3 Å². The molecule has 0 saturated carbocycles. The van der Waals surface area contributed by atoms with E-state index in [1.54, 1.807) is 36.3 Å². The summed E-state index contributed by atoms with van der Waals surface area (Å²) in [6.45, 7) is 1.33. The summed E-state index contributed by atoms with van der Waals surface area (Å²) >= 11 is 5.78. The maximum atomic E-state index is 12.1. The number of carbonyl (C=O) groups excluding carboxylic acids is 1. The molecule has 1 amide bonds. The van der Waals surface area contributed by atoms with Gasteiger partial charge in [-0.2, -0.15) is 0 Å². The monoisotopic (exact) mass is 313 g/mol. The predicted octanol–water partition coefficient (Wildman–Crippen LogP) is 1.72. The maximum absolute atomic E-state index is 12.1. The molecule has 0 bridgehead atoms. The minimum Gasteiger partial charge on any atom is -0.484 e. The summed E-state index contributed by atoms with van der Waals surface area (Å²) in [5.41, 5.74) is -0.817. The standard InChI is InChI=1S/C15H20ClNO4/c1-20-11-15(19)6-8-17(9-7-15)14(18)10-21-13-4-2-12(16)3-5-13/h2-5,19H,6-11H2,1H3. The fourth-order valence-corrected chi connectivity index (χ4v) is 2.48. The molecule has 0 radical (unpaired) electrons. The van der Waals surface area contributed by atoms with E-state index in [0.29, 0.717) is 43.3 Å². The van der Waals surface area contributed by atoms with Gasteiger partial charge < -0.3 is 19.5 Å². The predicted molar refractivity (Wildman–Crippen MR) is 79.6 cm³/mol. The molecule has 0 spiro atoms. The Balaban J connectivity index is 1.78. The smallest absolute Gasteiger partial charge is 0.260 e. The van der Waals surface area contributed by atoms with Gasteiger partial charge in [0, 0.05) is 25.2 Å². The molecule has 1 aliphatic rings. The van der Waals surface area contributed by atoms with Crippen LogP contribution in [0.25, 0.3) is 0 Å². The first kappa shape index (κ1) is 16.1. The second kappa shape index (κ2) is 7.11. The molecule has 1 fully saturated rings. The molecule has 1 aromatic rings. The minimum atomic E-state index is -0.817. The van der Waals surface area contributed by atoms with Gasteiger partial charge in [-0.1, -0.05) is 11.6 Å². The van der Waals surface area contributed by atoms with Gasteiger partial charge in [0.15, 0.2) is 6.61 Å². The Labute approximate surface area is 129 Å². The number of amides is 1. The van der Waals surface area contributed by atoms with Gasteiger partial charge >= 0.3 is 0 Å². The molecule has 2 rings (SSSR count). The number of likely N-dealkylation sites (tertiary alicyclic amines) is 1. The van der Waals surface area contributed by atoms with Crippen molar-refractivity contribution in [2.45, 2.75) is 18.4 Å². The van der Waals surface area contributed by atoms with Crippen LogP contribution in [0.1, 0.15) is 12.8 Å². The summed E-state index contributed by atoms with van der Waals surface area (Å²) in [7, 11) is 1.56. The highest BCUT2D eigenvalue weighted by Gasteiger charge is 2.33. The number of carbonyl (C=O) groups is 1. The van der Waals surface area contributed by atoms with Crippen LogP contribution in [0.4, 0.5) is 0 Å². The van der Waals surface area contributed by atoms with E-state index >= 15 is 0 Å². The summed E-state index contributed by atoms with van der Waals surface area (Å²) in [6.07, 6.45) is 1.04. The Bertz CT molecular complexity index is 469. The third-order valence-corrected chi connectivity index (χ3v) is 3.89. The molecule has 1 aromatic carbocycles. The summed E-state index contributed by atoms with van der Waals surface area (Å²) in [5.74, 6) is 0.532. The van der Waals surface area contributed by atoms with Gasteiger partial charge in [0.2, 0.25) is 0 Å². The van der Waals surface area contributed by atoms with Gasteiger partial charge in [-0.3, -0.25) is 4.79 Å². The summed E-state index contributed by atoms with van der Waals surface area (Å²) in [4.78, 5) is 13.8. The molecule has 0 unspecified atom stereocenters. The molecule has 0 aromatic heterocycles. The number of nitrogens with zero attached hydrogens (tertiary/aromatic N) is 1. The van der Waals surface area contributed by atoms with Crippen molar-refractivity contribution in [1.29, 1.82) is 0 Å². The molecular weight excluding hydrogens is 294 g/mol. The molecule has 6 heteroatoms. The van der Waals surface area contributed by atoms with Crippen LogP contribution in [0.5, 0.6) is 5.75 Å². The van der Waals surface area contributed by atoms with Gasteiger partial charge in [-0.05, 0) is 37.1 Å². The average Bonchev–Trinajstić information content (AvgIpc) is 2.47. The molecular formula is C15H20ClNO4. The number of ether oxygens (including phenoxy) is 2. The van der Waals surface area contributed by atoms with Gasteiger partial charge in [0.05, 0.1) is 12.2 Å². The zero-order valence-electron chi connectivity index (χ0n) is 12.0. The van der Waals surface area contributed by atoms with Gasteiger partial charge in [-0.15, -0.1) is 0 Å². The number of piperidine rings is 1. The zero-order valence-corrected chi connectivity index (χ0v) is 12.8. The summed E-state index contributed by atoms with van der Waals surface area (Å²) < 4.78 is 10.4. The largest absolute Gasteiger partial charge is 0.484 e. The van der Waals surface area contributed by atoms with Crippen LogP contribution >= 0.6 is 11.6 Å². The van der Waals surface area contributed by atoms with E-state index in [1.165, 1.54) is 0 Å². The fraction of sp³-hybridized carbons (Fsp3) is 0.533. The SMILES string of the molecule is COCC1(O)CCN(C(=O)COc2ccc(Cl)cc2)CC1. The molecule has 5 nitrogen and oxygen atoms in total. The number of hydrogen-bond acceptors (Lipinski definition) is 4. The first-order valence-corrected chi connectivity index (χ1v) is 7.28. The summed E-state index contributed by atoms with van der Waals surface area (Å²) in [6, 6.07) is 6.88. The average molecular weight is 314 g/mol. The quantitative estimate of drug-likeness (QED) is 0.899. The lowest BCUT2D eigenvalue weighted by Crippen LogP contribution is -2.49. The molecule has 1 heterocycles. The highest BCUT2D eigenvalue weighted by molar-refractivity contribution is 6.30. The van der Waals surface area contributed by atoms with Crippen LogP contribution in [0.2, 0.25) is 5.02 Å². The lowest BCUT2D eigenvalue weighted by molar-refractivity contribution is -0.139. The van der Waals surface area contributed by atoms with E-state index in [4.69, 9.17) is 21.1 Å². The van der Waals surface area contributed by atoms with Crippen molar-refractivity contribution in [3.63, 3.8) is 0 Å². The Morgan fingerprint density at radius 2 is 1.95 bits per heavy atom. The lowest BCUT2D eigenvalue weighted by atomic mass is 9.92. The van der Waals surface area contributed by atoms with Crippen molar-refractivity contribution in [3.8, 4) is 5.75 Å². The first-order chi connectivity index (χ1) is 10.0. The number of rotatable bonds is 5. The fourth-order valence-electron chi connectivity index (χ4n) is 2.35. The van der Waals surface area contributed by atoms with Gasteiger partial charge in [-0.25, -0.2) is 0 Å². The number of aliphatic hydroxyl groups is 1. The van der Waals surface area contributed by atoms with Crippen LogP contribution in [-0.2, 0) is 9.53 Å². The molecule has 21 heavy (non-hydrogen) atoms. The third-order valence-electron chi connectivity index (χ3n) is 3.64. The van der Waals surface area contributed by atoms with E-state index in [0.717, 1.165) is 0 Å². The third kappa shape index (κ3) is 4.59. The van der Waals surface area contributed by atoms with Gasteiger partial charge in [0.1, 0.15) is 5.75 Å². The van der Waals surface area contributed by atoms with Crippen molar-refractivity contribution < 1.29 is 19.4 Å². The van der Waals surface area contributed by atoms with Crippen molar-refractivity contribution >= 4 is 17.5 Å². The van der Waals surface area contributed by atoms with Crippen LogP contribution < -0.4 is 4.74 Å². The minimum absolute atomic E-state index is 0.00958. The first-order valence-electron chi connectivity index (χ1n) is 6.90. The topological polar surface area (TPSA) is 59.0 Å². The highest BCUT2D eigenvalue weighted by atomic mass is 35.5. The summed E-state index contributed by atoms with van der Waals surface area (Å²) in [5, 5.41) is 10.8. The van der Waals surface area contributed by atoms with Gasteiger partial charge in [0.25, 0.3) is 5.91 Å². The van der Waals surface area contributed by atoms with Crippen molar-refractivity contribution in [2.24, 2.45) is 0 Å². The van der Waals surface area contributed by atoms with E-state index in [2.05, 4.69) is 0 Å². The number of methoxy groups -OCH3 is 1. The van der Waals surface area contributed by atoms with E-state index in [9.17, 15) is 9.90 Å². The van der Waals surface area contributed by atoms with Crippen LogP contribution in [0.3, 0.4) is 0 Å². The van der Waals surface area contributed by atoms with Crippen LogP contribution in [0.15, 0.2) is 24.3 Å². The Morgan fingerprint density at radius 1 is 1.33 bits per heavy atom. The second-order valence-electron chi connectivity index (χ2n) is 5.28. The van der Waals surface area contributed by atoms with E-state index < -0.39 is 5.60 Å². The normalized spacial score (nSPS) is 17.6. The molecule has 0 aliphatic carbocycles. The van der Waals surface area contributed by atoms with E-state index in [-0.39, 0.29) is 12.5 Å². The van der Waals surface area contributed by atoms with Crippen LogP contribution in [-0.4, -0.2) is 54.9 Å². The Hall–Kier alpha value is -1.30. The highest BCUT2D eigenvalue weighted by Crippen LogP contribution is 2.22. The molecule has 116 valence electrons. The molecule has 1 aliphatic heterocycles. The molecule has 1 N–H and O–H groups in total. The second-order valence-corrected chi connectivity index (χ2v) is 5.72. The molecule has 1 saturated heterocycles. The van der Waals surface area contributed by atoms with Crippen molar-refractivity contribution in [1.82, 2.24) is 4.90 Å². The zero-order chi connectivity index (χ0) is 15.3. The van der Waals surface area contributed by atoms with Crippen molar-refractivity contribution in [2.75, 3.05) is 33.4 Å². The molecule has 0 atom stereocenters. The maximum Gasteiger partial charge on any atom is 0.260 e. The lowest BCUT2D eigenvalue weighted by Gasteiger charge is -2.37.